The molecule has 2 rings (SSSR count). The van der Waals surface area contributed by atoms with Crippen molar-refractivity contribution in [2.75, 3.05) is 12.4 Å². The zero-order chi connectivity index (χ0) is 16.2. The molecule has 0 unspecified atom stereocenters. The lowest BCUT2D eigenvalue weighted by molar-refractivity contribution is -0.137. The summed E-state index contributed by atoms with van der Waals surface area (Å²) in [5.74, 6) is 0. The first-order chi connectivity index (χ1) is 10.4. The number of hydrogen-bond acceptors (Lipinski definition) is 2. The summed E-state index contributed by atoms with van der Waals surface area (Å²) < 4.78 is 37.4. The molecule has 0 aliphatic heterocycles. The summed E-state index contributed by atoms with van der Waals surface area (Å²) in [7, 11) is 1.56. The SMILES string of the molecule is CN(Cc1ccc(C(F)(F)F)cc1)C(=O)Nc1cccnc1. The molecule has 1 aromatic carbocycles. The third-order valence-corrected chi connectivity index (χ3v) is 2.96. The van der Waals surface area contributed by atoms with Gasteiger partial charge in [-0.2, -0.15) is 13.2 Å². The molecule has 0 bridgehead atoms. The highest BCUT2D eigenvalue weighted by Crippen LogP contribution is 2.29. The number of nitrogens with one attached hydrogen (secondary N) is 1. The molecule has 0 fully saturated rings. The number of carbonyl (C=O) groups is 1. The number of halogens is 3. The Morgan fingerprint density at radius 3 is 2.45 bits per heavy atom. The van der Waals surface area contributed by atoms with Crippen LogP contribution in [0.5, 0.6) is 0 Å². The summed E-state index contributed by atoms with van der Waals surface area (Å²) in [6.45, 7) is 0.199. The Hall–Kier alpha value is -2.57. The van der Waals surface area contributed by atoms with Gasteiger partial charge in [0.25, 0.3) is 0 Å². The van der Waals surface area contributed by atoms with E-state index in [9.17, 15) is 18.0 Å². The van der Waals surface area contributed by atoms with Crippen LogP contribution in [0.3, 0.4) is 0 Å². The summed E-state index contributed by atoms with van der Waals surface area (Å²) >= 11 is 0. The van der Waals surface area contributed by atoms with Crippen LogP contribution in [-0.4, -0.2) is 23.0 Å². The van der Waals surface area contributed by atoms with Crippen LogP contribution in [0, 0.1) is 0 Å². The van der Waals surface area contributed by atoms with Gasteiger partial charge in [-0.1, -0.05) is 12.1 Å². The third kappa shape index (κ3) is 4.21. The fourth-order valence-electron chi connectivity index (χ4n) is 1.80. The number of rotatable bonds is 3. The summed E-state index contributed by atoms with van der Waals surface area (Å²) in [5.41, 5.74) is 0.447. The minimum atomic E-state index is -4.36. The Balaban J connectivity index is 1.96. The van der Waals surface area contributed by atoms with E-state index in [2.05, 4.69) is 10.3 Å². The Morgan fingerprint density at radius 1 is 1.23 bits per heavy atom. The molecule has 0 saturated carbocycles. The fraction of sp³-hybridized carbons (Fsp3) is 0.200. The Labute approximate surface area is 125 Å². The van der Waals surface area contributed by atoms with E-state index in [0.29, 0.717) is 11.3 Å². The van der Waals surface area contributed by atoms with E-state index in [1.165, 1.54) is 23.2 Å². The normalized spacial score (nSPS) is 11.1. The molecule has 0 radical (unpaired) electrons. The highest BCUT2D eigenvalue weighted by atomic mass is 19.4. The number of alkyl halides is 3. The molecule has 4 nitrogen and oxygen atoms in total. The summed E-state index contributed by atoms with van der Waals surface area (Å²) in [5, 5.41) is 2.64. The molecule has 1 N–H and O–H groups in total. The predicted molar refractivity (Wildman–Crippen MR) is 76.2 cm³/mol. The standard InChI is InChI=1S/C15H14F3N3O/c1-21(14(22)20-13-3-2-8-19-9-13)10-11-4-6-12(7-5-11)15(16,17)18/h2-9H,10H2,1H3,(H,20,22). The number of carbonyl (C=O) groups excluding carboxylic acids is 1. The fourth-order valence-corrected chi connectivity index (χ4v) is 1.80. The van der Waals surface area contributed by atoms with Gasteiger partial charge in [0.2, 0.25) is 0 Å². The number of urea groups is 1. The monoisotopic (exact) mass is 309 g/mol. The first-order valence-electron chi connectivity index (χ1n) is 6.44. The Morgan fingerprint density at radius 2 is 1.91 bits per heavy atom. The van der Waals surface area contributed by atoms with E-state index in [1.54, 1.807) is 25.4 Å². The van der Waals surface area contributed by atoms with E-state index in [0.717, 1.165) is 12.1 Å². The predicted octanol–water partition coefficient (Wildman–Crippen LogP) is 3.76. The summed E-state index contributed by atoms with van der Waals surface area (Å²) in [4.78, 5) is 17.2. The maximum Gasteiger partial charge on any atom is 0.416 e. The van der Waals surface area contributed by atoms with Gasteiger partial charge in [0.15, 0.2) is 0 Å². The van der Waals surface area contributed by atoms with Crippen LogP contribution >= 0.6 is 0 Å². The van der Waals surface area contributed by atoms with Gasteiger partial charge < -0.3 is 10.2 Å². The van der Waals surface area contributed by atoms with Crippen molar-refractivity contribution in [3.63, 3.8) is 0 Å². The van der Waals surface area contributed by atoms with Crippen molar-refractivity contribution in [3.05, 3.63) is 59.9 Å². The van der Waals surface area contributed by atoms with Crippen molar-refractivity contribution in [3.8, 4) is 0 Å². The van der Waals surface area contributed by atoms with Gasteiger partial charge in [-0.05, 0) is 29.8 Å². The molecule has 116 valence electrons. The average Bonchev–Trinajstić information content (AvgIpc) is 2.48. The second-order valence-electron chi connectivity index (χ2n) is 4.72. The molecule has 2 amide bonds. The number of anilines is 1. The van der Waals surface area contributed by atoms with Gasteiger partial charge in [0.1, 0.15) is 0 Å². The topological polar surface area (TPSA) is 45.2 Å². The molecule has 1 aromatic heterocycles. The van der Waals surface area contributed by atoms with Crippen LogP contribution in [0.2, 0.25) is 0 Å². The van der Waals surface area contributed by atoms with Gasteiger partial charge in [0, 0.05) is 19.8 Å². The quantitative estimate of drug-likeness (QED) is 0.938. The van der Waals surface area contributed by atoms with Gasteiger partial charge in [-0.3, -0.25) is 4.98 Å². The minimum absolute atomic E-state index is 0.199. The van der Waals surface area contributed by atoms with Crippen LogP contribution in [-0.2, 0) is 12.7 Å². The molecule has 7 heteroatoms. The second-order valence-corrected chi connectivity index (χ2v) is 4.72. The molecule has 0 spiro atoms. The number of pyridine rings is 1. The Kier molecular flexibility index (Phi) is 4.65. The number of benzene rings is 1. The molecule has 22 heavy (non-hydrogen) atoms. The van der Waals surface area contributed by atoms with Crippen LogP contribution in [0.15, 0.2) is 48.8 Å². The van der Waals surface area contributed by atoms with E-state index < -0.39 is 11.7 Å². The van der Waals surface area contributed by atoms with Crippen molar-refractivity contribution in [1.82, 2.24) is 9.88 Å². The molecule has 0 saturated heterocycles. The lowest BCUT2D eigenvalue weighted by Gasteiger charge is -2.18. The van der Waals surface area contributed by atoms with E-state index >= 15 is 0 Å². The van der Waals surface area contributed by atoms with Crippen molar-refractivity contribution in [2.24, 2.45) is 0 Å². The molecular formula is C15H14F3N3O. The van der Waals surface area contributed by atoms with E-state index in [4.69, 9.17) is 0 Å². The zero-order valence-corrected chi connectivity index (χ0v) is 11.8. The van der Waals surface area contributed by atoms with Crippen LogP contribution < -0.4 is 5.32 Å². The lowest BCUT2D eigenvalue weighted by atomic mass is 10.1. The molecular weight excluding hydrogens is 295 g/mol. The van der Waals surface area contributed by atoms with Gasteiger partial charge in [-0.25, -0.2) is 4.79 Å². The molecule has 2 aromatic rings. The highest BCUT2D eigenvalue weighted by Gasteiger charge is 2.29. The zero-order valence-electron chi connectivity index (χ0n) is 11.8. The number of aromatic nitrogens is 1. The average molecular weight is 309 g/mol. The van der Waals surface area contributed by atoms with Crippen LogP contribution in [0.1, 0.15) is 11.1 Å². The van der Waals surface area contributed by atoms with Gasteiger partial charge in [0.05, 0.1) is 17.4 Å². The van der Waals surface area contributed by atoms with E-state index in [-0.39, 0.29) is 12.6 Å². The van der Waals surface area contributed by atoms with Crippen LogP contribution in [0.25, 0.3) is 0 Å². The van der Waals surface area contributed by atoms with Gasteiger partial charge >= 0.3 is 12.2 Å². The second kappa shape index (κ2) is 6.46. The third-order valence-electron chi connectivity index (χ3n) is 2.96. The molecule has 1 heterocycles. The van der Waals surface area contributed by atoms with E-state index in [1.807, 2.05) is 0 Å². The number of hydrogen-bond donors (Lipinski definition) is 1. The van der Waals surface area contributed by atoms with Crippen LogP contribution in [0.4, 0.5) is 23.7 Å². The maximum absolute atomic E-state index is 12.5. The van der Waals surface area contributed by atoms with Crippen molar-refractivity contribution < 1.29 is 18.0 Å². The summed E-state index contributed by atoms with van der Waals surface area (Å²) in [6, 6.07) is 7.73. The lowest BCUT2D eigenvalue weighted by Crippen LogP contribution is -2.30. The van der Waals surface area contributed by atoms with Gasteiger partial charge in [-0.15, -0.1) is 0 Å². The first kappa shape index (κ1) is 15.8. The van der Waals surface area contributed by atoms with Crippen molar-refractivity contribution in [1.29, 1.82) is 0 Å². The molecule has 0 aliphatic rings. The maximum atomic E-state index is 12.5. The van der Waals surface area contributed by atoms with Crippen molar-refractivity contribution >= 4 is 11.7 Å². The summed E-state index contributed by atoms with van der Waals surface area (Å²) in [6.07, 6.45) is -1.27. The first-order valence-corrected chi connectivity index (χ1v) is 6.44. The molecule has 0 atom stereocenters. The Bertz CT molecular complexity index is 627. The number of nitrogens with zero attached hydrogens (tertiary/aromatic N) is 2. The highest BCUT2D eigenvalue weighted by molar-refractivity contribution is 5.88. The molecule has 0 aliphatic carbocycles. The number of amides is 2. The largest absolute Gasteiger partial charge is 0.416 e. The smallest absolute Gasteiger partial charge is 0.323 e. The minimum Gasteiger partial charge on any atom is -0.323 e. The van der Waals surface area contributed by atoms with Crippen molar-refractivity contribution in [2.45, 2.75) is 12.7 Å².